The number of aromatic nitrogens is 2. The molecular weight excluding hydrogens is 446 g/mol. The number of nitrogens with zero attached hydrogens (tertiary/aromatic N) is 3. The summed E-state index contributed by atoms with van der Waals surface area (Å²) in [6.45, 7) is 0.970. The zero-order valence-electron chi connectivity index (χ0n) is 19.2. The van der Waals surface area contributed by atoms with E-state index in [1.165, 1.54) is 4.90 Å². The van der Waals surface area contributed by atoms with Gasteiger partial charge in [-0.05, 0) is 36.2 Å². The summed E-state index contributed by atoms with van der Waals surface area (Å²) in [7, 11) is 0. The SMILES string of the molecule is N/C(=C\NCc1cccc(-n2ccnc2)c1)COc1cccc2c1CN(C(C=O)CCC=O)C2=O. The summed E-state index contributed by atoms with van der Waals surface area (Å²) in [5.74, 6) is 0.305. The molecule has 1 unspecified atom stereocenters. The molecule has 35 heavy (non-hydrogen) atoms. The molecule has 2 heterocycles. The lowest BCUT2D eigenvalue weighted by Crippen LogP contribution is -2.36. The molecule has 1 atom stereocenters. The van der Waals surface area contributed by atoms with Gasteiger partial charge in [-0.2, -0.15) is 0 Å². The maximum absolute atomic E-state index is 12.8. The van der Waals surface area contributed by atoms with Gasteiger partial charge in [-0.25, -0.2) is 4.98 Å². The molecule has 1 aliphatic rings. The number of hydrogen-bond acceptors (Lipinski definition) is 7. The maximum atomic E-state index is 12.8. The highest BCUT2D eigenvalue weighted by Crippen LogP contribution is 2.32. The number of fused-ring (bicyclic) bond motifs is 1. The lowest BCUT2D eigenvalue weighted by molar-refractivity contribution is -0.112. The minimum Gasteiger partial charge on any atom is -0.487 e. The number of hydrogen-bond donors (Lipinski definition) is 2. The average molecular weight is 474 g/mol. The van der Waals surface area contributed by atoms with Crippen molar-refractivity contribution in [2.24, 2.45) is 5.73 Å². The average Bonchev–Trinajstić information content (AvgIpc) is 3.53. The highest BCUT2D eigenvalue weighted by molar-refractivity contribution is 6.00. The third kappa shape index (κ3) is 5.57. The van der Waals surface area contributed by atoms with Crippen LogP contribution in [0.1, 0.15) is 34.3 Å². The van der Waals surface area contributed by atoms with Crippen LogP contribution < -0.4 is 15.8 Å². The van der Waals surface area contributed by atoms with E-state index in [2.05, 4.69) is 16.4 Å². The Kier molecular flexibility index (Phi) is 7.57. The molecule has 9 nitrogen and oxygen atoms in total. The molecular formula is C26H27N5O4. The van der Waals surface area contributed by atoms with Crippen molar-refractivity contribution < 1.29 is 19.1 Å². The Labute approximate surface area is 203 Å². The maximum Gasteiger partial charge on any atom is 0.255 e. The van der Waals surface area contributed by atoms with Crippen LogP contribution >= 0.6 is 0 Å². The lowest BCUT2D eigenvalue weighted by Gasteiger charge is -2.22. The molecule has 9 heteroatoms. The molecule has 0 bridgehead atoms. The Morgan fingerprint density at radius 2 is 2.09 bits per heavy atom. The molecule has 1 aromatic heterocycles. The van der Waals surface area contributed by atoms with Gasteiger partial charge in [-0.3, -0.25) is 4.79 Å². The van der Waals surface area contributed by atoms with Crippen LogP contribution in [0.4, 0.5) is 0 Å². The fourth-order valence-electron chi connectivity index (χ4n) is 4.01. The summed E-state index contributed by atoms with van der Waals surface area (Å²) in [4.78, 5) is 40.5. The second-order valence-electron chi connectivity index (χ2n) is 8.19. The Balaban J connectivity index is 1.34. The standard InChI is InChI=1S/C26H27N5O4/c27-20(14-29-13-19-4-1-5-21(12-19)30-10-9-28-18-30)17-35-25-8-2-7-23-24(25)15-31(26(23)34)22(16-33)6-3-11-32/h1-2,4-5,7-12,14,16,18,22,29H,3,6,13,15,17,27H2/b20-14-. The minimum absolute atomic E-state index is 0.134. The van der Waals surface area contributed by atoms with Gasteiger partial charge in [0.25, 0.3) is 5.91 Å². The second-order valence-corrected chi connectivity index (χ2v) is 8.19. The highest BCUT2D eigenvalue weighted by Gasteiger charge is 2.34. The number of ether oxygens (including phenoxy) is 1. The molecule has 1 amide bonds. The van der Waals surface area contributed by atoms with E-state index in [4.69, 9.17) is 10.5 Å². The molecule has 0 radical (unpaired) electrons. The number of carbonyl (C=O) groups excluding carboxylic acids is 3. The number of amides is 1. The monoisotopic (exact) mass is 473 g/mol. The van der Waals surface area contributed by atoms with Gasteiger partial charge in [0.05, 0.1) is 24.6 Å². The molecule has 2 aromatic carbocycles. The normalized spacial score (nSPS) is 13.9. The largest absolute Gasteiger partial charge is 0.487 e. The lowest BCUT2D eigenvalue weighted by atomic mass is 10.1. The van der Waals surface area contributed by atoms with Crippen LogP contribution in [0.5, 0.6) is 5.75 Å². The fourth-order valence-corrected chi connectivity index (χ4v) is 4.01. The van der Waals surface area contributed by atoms with E-state index in [-0.39, 0.29) is 25.5 Å². The van der Waals surface area contributed by atoms with Crippen molar-refractivity contribution in [3.05, 3.63) is 89.8 Å². The van der Waals surface area contributed by atoms with Crippen LogP contribution in [-0.4, -0.2) is 45.6 Å². The summed E-state index contributed by atoms with van der Waals surface area (Å²) < 4.78 is 7.84. The van der Waals surface area contributed by atoms with E-state index in [9.17, 15) is 14.4 Å². The van der Waals surface area contributed by atoms with Crippen molar-refractivity contribution in [3.8, 4) is 11.4 Å². The summed E-state index contributed by atoms with van der Waals surface area (Å²) in [6.07, 6.45) is 9.05. The third-order valence-electron chi connectivity index (χ3n) is 5.79. The molecule has 3 N–H and O–H groups in total. The number of nitrogens with one attached hydrogen (secondary N) is 1. The van der Waals surface area contributed by atoms with E-state index in [0.717, 1.165) is 17.5 Å². The topological polar surface area (TPSA) is 120 Å². The molecule has 0 saturated carbocycles. The van der Waals surface area contributed by atoms with E-state index in [0.29, 0.717) is 41.8 Å². The van der Waals surface area contributed by atoms with E-state index < -0.39 is 6.04 Å². The van der Waals surface area contributed by atoms with Gasteiger partial charge in [-0.1, -0.05) is 18.2 Å². The van der Waals surface area contributed by atoms with Crippen LogP contribution in [0.2, 0.25) is 0 Å². The first kappa shape index (κ1) is 23.7. The second kappa shape index (κ2) is 11.1. The van der Waals surface area contributed by atoms with E-state index in [1.807, 2.05) is 29.0 Å². The Morgan fingerprint density at radius 1 is 1.23 bits per heavy atom. The smallest absolute Gasteiger partial charge is 0.255 e. The van der Waals surface area contributed by atoms with Crippen molar-refractivity contribution >= 4 is 18.5 Å². The van der Waals surface area contributed by atoms with Gasteiger partial charge in [0.15, 0.2) is 0 Å². The van der Waals surface area contributed by atoms with Crippen molar-refractivity contribution in [2.45, 2.75) is 32.0 Å². The third-order valence-corrected chi connectivity index (χ3v) is 5.79. The molecule has 1 aliphatic heterocycles. The number of nitrogens with two attached hydrogens (primary N) is 1. The Morgan fingerprint density at radius 3 is 2.86 bits per heavy atom. The number of benzene rings is 2. The first-order valence-corrected chi connectivity index (χ1v) is 11.3. The van der Waals surface area contributed by atoms with Gasteiger partial charge in [-0.15, -0.1) is 0 Å². The Hall–Kier alpha value is -4.40. The number of carbonyl (C=O) groups is 3. The number of imidazole rings is 1. The Bertz CT molecular complexity index is 1220. The van der Waals surface area contributed by atoms with Gasteiger partial charge in [0.2, 0.25) is 0 Å². The molecule has 0 fully saturated rings. The quantitative estimate of drug-likeness (QED) is 0.388. The van der Waals surface area contributed by atoms with Crippen LogP contribution in [0.25, 0.3) is 5.69 Å². The summed E-state index contributed by atoms with van der Waals surface area (Å²) >= 11 is 0. The van der Waals surface area contributed by atoms with E-state index in [1.54, 1.807) is 36.9 Å². The number of aldehydes is 2. The highest BCUT2D eigenvalue weighted by atomic mass is 16.5. The summed E-state index contributed by atoms with van der Waals surface area (Å²) in [5.41, 5.74) is 9.93. The van der Waals surface area contributed by atoms with Crippen LogP contribution in [0.15, 0.2) is 73.1 Å². The first-order chi connectivity index (χ1) is 17.1. The van der Waals surface area contributed by atoms with Crippen LogP contribution in [0, 0.1) is 0 Å². The zero-order chi connectivity index (χ0) is 24.6. The van der Waals surface area contributed by atoms with Crippen molar-refractivity contribution in [3.63, 3.8) is 0 Å². The number of rotatable bonds is 12. The van der Waals surface area contributed by atoms with Crippen molar-refractivity contribution in [1.29, 1.82) is 0 Å². The van der Waals surface area contributed by atoms with Crippen LogP contribution in [-0.2, 0) is 22.7 Å². The minimum atomic E-state index is -0.644. The molecule has 0 aliphatic carbocycles. The zero-order valence-corrected chi connectivity index (χ0v) is 19.2. The predicted octanol–water partition coefficient (Wildman–Crippen LogP) is 2.34. The first-order valence-electron chi connectivity index (χ1n) is 11.3. The van der Waals surface area contributed by atoms with Crippen LogP contribution in [0.3, 0.4) is 0 Å². The van der Waals surface area contributed by atoms with Gasteiger partial charge < -0.3 is 34.8 Å². The van der Waals surface area contributed by atoms with Gasteiger partial charge >= 0.3 is 0 Å². The molecule has 0 spiro atoms. The molecule has 180 valence electrons. The van der Waals surface area contributed by atoms with E-state index >= 15 is 0 Å². The summed E-state index contributed by atoms with van der Waals surface area (Å²) in [5, 5.41) is 3.20. The van der Waals surface area contributed by atoms with Crippen molar-refractivity contribution in [1.82, 2.24) is 19.8 Å². The molecule has 3 aromatic rings. The van der Waals surface area contributed by atoms with Gasteiger partial charge in [0.1, 0.15) is 24.9 Å². The molecule has 0 saturated heterocycles. The molecule has 4 rings (SSSR count). The summed E-state index contributed by atoms with van der Waals surface area (Å²) in [6, 6.07) is 12.7. The fraction of sp³-hybridized carbons (Fsp3) is 0.231. The predicted molar refractivity (Wildman–Crippen MR) is 130 cm³/mol. The van der Waals surface area contributed by atoms with Gasteiger partial charge in [0, 0.05) is 48.4 Å². The van der Waals surface area contributed by atoms with Crippen molar-refractivity contribution in [2.75, 3.05) is 6.61 Å².